The van der Waals surface area contributed by atoms with Crippen LogP contribution in [0, 0.1) is 0 Å². The first-order valence-electron chi connectivity index (χ1n) is 4.63. The summed E-state index contributed by atoms with van der Waals surface area (Å²) in [6.07, 6.45) is -4.49. The molecule has 0 radical (unpaired) electrons. The lowest BCUT2D eigenvalue weighted by Crippen LogP contribution is -2.08. The first-order valence-corrected chi connectivity index (χ1v) is 5.54. The second-order valence-corrected chi connectivity index (χ2v) is 4.04. The van der Waals surface area contributed by atoms with Crippen LogP contribution in [0.5, 0.6) is 0 Å². The smallest absolute Gasteiger partial charge is 0.196 e. The predicted octanol–water partition coefficient (Wildman–Crippen LogP) is 3.07. The Bertz CT molecular complexity index is 567. The van der Waals surface area contributed by atoms with Crippen LogP contribution in [0.3, 0.4) is 0 Å². The van der Waals surface area contributed by atoms with Gasteiger partial charge in [0.05, 0.1) is 17.1 Å². The molecular weight excluding hydrogens is 292 g/mol. The van der Waals surface area contributed by atoms with Gasteiger partial charge in [-0.25, -0.2) is 0 Å². The molecule has 0 N–H and O–H groups in total. The van der Waals surface area contributed by atoms with Crippen molar-refractivity contribution in [3.05, 3.63) is 34.6 Å². The average Bonchev–Trinajstić information content (AvgIpc) is 2.74. The maximum absolute atomic E-state index is 12.6. The highest BCUT2D eigenvalue weighted by atomic mass is 35.5. The number of halogens is 5. The van der Waals surface area contributed by atoms with Gasteiger partial charge in [-0.15, -0.1) is 16.7 Å². The molecular formula is C9H5Cl2F3N4. The van der Waals surface area contributed by atoms with Gasteiger partial charge in [-0.3, -0.25) is 0 Å². The maximum Gasteiger partial charge on any atom is 0.416 e. The fraction of sp³-hybridized carbons (Fsp3) is 0.222. The Kier molecular flexibility index (Phi) is 3.45. The van der Waals surface area contributed by atoms with Crippen molar-refractivity contribution in [2.75, 3.05) is 0 Å². The molecule has 1 aromatic carbocycles. The summed E-state index contributed by atoms with van der Waals surface area (Å²) < 4.78 is 39.0. The molecule has 0 fully saturated rings. The molecule has 1 heterocycles. The van der Waals surface area contributed by atoms with Gasteiger partial charge in [0.15, 0.2) is 5.82 Å². The second kappa shape index (κ2) is 4.74. The lowest BCUT2D eigenvalue weighted by molar-refractivity contribution is -0.137. The van der Waals surface area contributed by atoms with Crippen LogP contribution in [0.25, 0.3) is 5.69 Å². The fourth-order valence-corrected chi connectivity index (χ4v) is 1.75. The van der Waals surface area contributed by atoms with Crippen molar-refractivity contribution in [3.63, 3.8) is 0 Å². The van der Waals surface area contributed by atoms with Crippen LogP contribution in [0.2, 0.25) is 5.02 Å². The number of benzene rings is 1. The highest BCUT2D eigenvalue weighted by Gasteiger charge is 2.31. The minimum atomic E-state index is -4.49. The van der Waals surface area contributed by atoms with Gasteiger partial charge in [0.25, 0.3) is 0 Å². The number of hydrogen-bond donors (Lipinski definition) is 0. The number of aromatic nitrogens is 4. The van der Waals surface area contributed by atoms with Crippen LogP contribution in [-0.4, -0.2) is 20.2 Å². The van der Waals surface area contributed by atoms with Crippen molar-refractivity contribution in [2.24, 2.45) is 0 Å². The molecule has 0 aliphatic carbocycles. The van der Waals surface area contributed by atoms with E-state index < -0.39 is 11.7 Å². The van der Waals surface area contributed by atoms with E-state index in [1.54, 1.807) is 0 Å². The molecule has 18 heavy (non-hydrogen) atoms. The number of nitrogens with zero attached hydrogens (tertiary/aromatic N) is 4. The van der Waals surface area contributed by atoms with Gasteiger partial charge in [-0.2, -0.15) is 17.9 Å². The molecule has 0 spiro atoms. The first kappa shape index (κ1) is 13.1. The van der Waals surface area contributed by atoms with Crippen LogP contribution in [-0.2, 0) is 12.1 Å². The second-order valence-electron chi connectivity index (χ2n) is 3.34. The molecule has 2 rings (SSSR count). The zero-order chi connectivity index (χ0) is 13.3. The van der Waals surface area contributed by atoms with Crippen LogP contribution in [0.1, 0.15) is 11.4 Å². The number of tetrazole rings is 1. The van der Waals surface area contributed by atoms with Gasteiger partial charge in [0.2, 0.25) is 0 Å². The van der Waals surface area contributed by atoms with E-state index in [-0.39, 0.29) is 22.4 Å². The van der Waals surface area contributed by atoms with Crippen molar-refractivity contribution in [1.82, 2.24) is 20.2 Å². The third kappa shape index (κ3) is 2.56. The van der Waals surface area contributed by atoms with Gasteiger partial charge in [-0.05, 0) is 28.6 Å². The van der Waals surface area contributed by atoms with Gasteiger partial charge < -0.3 is 0 Å². The Morgan fingerprint density at radius 2 is 1.94 bits per heavy atom. The van der Waals surface area contributed by atoms with E-state index >= 15 is 0 Å². The number of hydrogen-bond acceptors (Lipinski definition) is 3. The SMILES string of the molecule is FC(F)(F)c1cc(Cl)cc(-n2nnnc2CCl)c1. The standard InChI is InChI=1S/C9H5Cl2F3N4/c10-4-8-15-16-17-18(8)7-2-5(9(12,13)14)1-6(11)3-7/h1-3H,4H2. The zero-order valence-electron chi connectivity index (χ0n) is 8.62. The molecule has 4 nitrogen and oxygen atoms in total. The Hall–Kier alpha value is -1.34. The Morgan fingerprint density at radius 1 is 1.22 bits per heavy atom. The lowest BCUT2D eigenvalue weighted by Gasteiger charge is -2.10. The summed E-state index contributed by atoms with van der Waals surface area (Å²) >= 11 is 11.2. The summed E-state index contributed by atoms with van der Waals surface area (Å²) in [5, 5.41) is 10.4. The quantitative estimate of drug-likeness (QED) is 0.800. The largest absolute Gasteiger partial charge is 0.416 e. The average molecular weight is 297 g/mol. The van der Waals surface area contributed by atoms with Crippen LogP contribution in [0.4, 0.5) is 13.2 Å². The fourth-order valence-electron chi connectivity index (χ4n) is 1.35. The van der Waals surface area contributed by atoms with Crippen molar-refractivity contribution in [1.29, 1.82) is 0 Å². The minimum absolute atomic E-state index is 0.0269. The van der Waals surface area contributed by atoms with E-state index in [0.29, 0.717) is 0 Å². The number of alkyl halides is 4. The van der Waals surface area contributed by atoms with E-state index in [4.69, 9.17) is 23.2 Å². The van der Waals surface area contributed by atoms with E-state index in [9.17, 15) is 13.2 Å². The molecule has 0 unspecified atom stereocenters. The first-order chi connectivity index (χ1) is 8.41. The summed E-state index contributed by atoms with van der Waals surface area (Å²) in [7, 11) is 0. The maximum atomic E-state index is 12.6. The Morgan fingerprint density at radius 3 is 2.56 bits per heavy atom. The molecule has 0 saturated heterocycles. The molecule has 2 aromatic rings. The molecule has 0 aliphatic heterocycles. The van der Waals surface area contributed by atoms with Gasteiger partial charge in [-0.1, -0.05) is 11.6 Å². The number of rotatable bonds is 2. The zero-order valence-corrected chi connectivity index (χ0v) is 10.1. The van der Waals surface area contributed by atoms with Crippen molar-refractivity contribution in [2.45, 2.75) is 12.1 Å². The predicted molar refractivity (Wildman–Crippen MR) is 58.7 cm³/mol. The van der Waals surface area contributed by atoms with E-state index in [0.717, 1.165) is 16.8 Å². The van der Waals surface area contributed by atoms with Crippen LogP contribution >= 0.6 is 23.2 Å². The molecule has 0 aliphatic rings. The topological polar surface area (TPSA) is 43.6 Å². The summed E-state index contributed by atoms with van der Waals surface area (Å²) in [4.78, 5) is 0. The van der Waals surface area contributed by atoms with E-state index in [2.05, 4.69) is 15.5 Å². The molecule has 9 heteroatoms. The molecule has 0 saturated carbocycles. The van der Waals surface area contributed by atoms with E-state index in [1.807, 2.05) is 0 Å². The molecule has 1 aromatic heterocycles. The van der Waals surface area contributed by atoms with Gasteiger partial charge in [0, 0.05) is 5.02 Å². The van der Waals surface area contributed by atoms with Crippen LogP contribution < -0.4 is 0 Å². The molecule has 0 bridgehead atoms. The monoisotopic (exact) mass is 296 g/mol. The molecule has 0 atom stereocenters. The third-order valence-electron chi connectivity index (χ3n) is 2.11. The van der Waals surface area contributed by atoms with Crippen molar-refractivity contribution >= 4 is 23.2 Å². The lowest BCUT2D eigenvalue weighted by atomic mass is 10.2. The van der Waals surface area contributed by atoms with Crippen molar-refractivity contribution < 1.29 is 13.2 Å². The summed E-state index contributed by atoms with van der Waals surface area (Å²) in [5.41, 5.74) is -0.767. The summed E-state index contributed by atoms with van der Waals surface area (Å²) in [6, 6.07) is 3.05. The highest BCUT2D eigenvalue weighted by molar-refractivity contribution is 6.30. The van der Waals surface area contributed by atoms with Gasteiger partial charge >= 0.3 is 6.18 Å². The normalized spacial score (nSPS) is 11.8. The third-order valence-corrected chi connectivity index (χ3v) is 2.57. The van der Waals surface area contributed by atoms with Crippen LogP contribution in [0.15, 0.2) is 18.2 Å². The Balaban J connectivity index is 2.56. The summed E-state index contributed by atoms with van der Waals surface area (Å²) in [6.45, 7) is 0. The highest BCUT2D eigenvalue weighted by Crippen LogP contribution is 2.32. The van der Waals surface area contributed by atoms with E-state index in [1.165, 1.54) is 6.07 Å². The van der Waals surface area contributed by atoms with Gasteiger partial charge in [0.1, 0.15) is 0 Å². The minimum Gasteiger partial charge on any atom is -0.196 e. The van der Waals surface area contributed by atoms with Crippen molar-refractivity contribution in [3.8, 4) is 5.69 Å². The molecule has 96 valence electrons. The summed E-state index contributed by atoms with van der Waals surface area (Å²) in [5.74, 6) is 0.202. The molecule has 0 amide bonds. The Labute approximate surface area is 109 Å².